The van der Waals surface area contributed by atoms with E-state index in [2.05, 4.69) is 0 Å². The summed E-state index contributed by atoms with van der Waals surface area (Å²) >= 11 is 6.53. The number of hydrogen-bond acceptors (Lipinski definition) is 4. The van der Waals surface area contributed by atoms with E-state index in [0.717, 1.165) is 18.7 Å². The van der Waals surface area contributed by atoms with Crippen LogP contribution in [0.25, 0.3) is 0 Å². The fraction of sp³-hybridized carbons (Fsp3) is 0.562. The highest BCUT2D eigenvalue weighted by molar-refractivity contribution is 6.33. The first-order valence-corrected chi connectivity index (χ1v) is 7.54. The third kappa shape index (κ3) is 4.11. The lowest BCUT2D eigenvalue weighted by Gasteiger charge is -2.33. The van der Waals surface area contributed by atoms with E-state index in [1.54, 1.807) is 0 Å². The van der Waals surface area contributed by atoms with Gasteiger partial charge in [-0.2, -0.15) is 0 Å². The second kappa shape index (κ2) is 6.24. The van der Waals surface area contributed by atoms with Gasteiger partial charge in [-0.05, 0) is 45.7 Å². The molecule has 1 heterocycles. The molecule has 1 fully saturated rings. The van der Waals surface area contributed by atoms with Crippen molar-refractivity contribution < 1.29 is 14.3 Å². The zero-order chi connectivity index (χ0) is 15.5. The second-order valence-corrected chi connectivity index (χ2v) is 6.84. The topological polar surface area (TPSA) is 38.8 Å². The zero-order valence-electron chi connectivity index (χ0n) is 12.8. The van der Waals surface area contributed by atoms with Crippen LogP contribution < -0.4 is 4.74 Å². The predicted molar refractivity (Wildman–Crippen MR) is 82.3 cm³/mol. The molecule has 0 bridgehead atoms. The number of alkyl halides is 1. The highest BCUT2D eigenvalue weighted by Gasteiger charge is 2.48. The van der Waals surface area contributed by atoms with Gasteiger partial charge in [0.1, 0.15) is 18.1 Å². The number of para-hydroxylation sites is 1. The normalized spacial score (nSPS) is 23.0. The number of hydrogen-bond donors (Lipinski definition) is 0. The minimum Gasteiger partial charge on any atom is -0.478 e. The van der Waals surface area contributed by atoms with Gasteiger partial charge in [0, 0.05) is 6.54 Å². The van der Waals surface area contributed by atoms with Crippen LogP contribution in [-0.2, 0) is 9.53 Å². The Labute approximate surface area is 131 Å². The lowest BCUT2D eigenvalue weighted by molar-refractivity contribution is -0.164. The summed E-state index contributed by atoms with van der Waals surface area (Å²) in [5, 5.41) is 0. The molecule has 1 aliphatic heterocycles. The number of carbonyl (C=O) groups excluding carboxylic acids is 1. The summed E-state index contributed by atoms with van der Waals surface area (Å²) in [5.41, 5.74) is -0.548. The molecule has 0 saturated carbocycles. The lowest BCUT2D eigenvalue weighted by Crippen LogP contribution is -2.50. The molecule has 1 saturated heterocycles. The third-order valence-electron chi connectivity index (χ3n) is 3.28. The first-order valence-electron chi connectivity index (χ1n) is 7.16. The van der Waals surface area contributed by atoms with Crippen LogP contribution in [0.1, 0.15) is 33.6 Å². The number of ether oxygens (including phenoxy) is 2. The Kier molecular flexibility index (Phi) is 4.79. The van der Waals surface area contributed by atoms with E-state index in [4.69, 9.17) is 21.1 Å². The average molecular weight is 312 g/mol. The molecule has 2 rings (SSSR count). The van der Waals surface area contributed by atoms with Gasteiger partial charge in [-0.15, -0.1) is 0 Å². The van der Waals surface area contributed by atoms with E-state index < -0.39 is 16.6 Å². The number of rotatable bonds is 4. The van der Waals surface area contributed by atoms with Gasteiger partial charge >= 0.3 is 5.97 Å². The van der Waals surface area contributed by atoms with Crippen molar-refractivity contribution in [3.05, 3.63) is 30.3 Å². The monoisotopic (exact) mass is 311 g/mol. The lowest BCUT2D eigenvalue weighted by atomic mass is 10.1. The van der Waals surface area contributed by atoms with Crippen molar-refractivity contribution in [1.29, 1.82) is 0 Å². The highest BCUT2D eigenvalue weighted by atomic mass is 35.5. The van der Waals surface area contributed by atoms with Gasteiger partial charge in [-0.25, -0.2) is 9.69 Å². The molecular formula is C16H22ClNO3. The minimum atomic E-state index is -1.12. The van der Waals surface area contributed by atoms with Crippen LogP contribution in [-0.4, -0.2) is 34.7 Å². The van der Waals surface area contributed by atoms with Crippen molar-refractivity contribution in [1.82, 2.24) is 4.90 Å². The molecule has 1 aromatic carbocycles. The van der Waals surface area contributed by atoms with E-state index in [1.807, 2.05) is 56.0 Å². The molecule has 0 aromatic heterocycles. The molecule has 0 amide bonds. The van der Waals surface area contributed by atoms with E-state index in [0.29, 0.717) is 6.42 Å². The van der Waals surface area contributed by atoms with Crippen LogP contribution in [0.2, 0.25) is 0 Å². The maximum atomic E-state index is 12.4. The van der Waals surface area contributed by atoms with E-state index in [1.165, 1.54) is 0 Å². The summed E-state index contributed by atoms with van der Waals surface area (Å²) in [6.45, 7) is 6.50. The van der Waals surface area contributed by atoms with Gasteiger partial charge in [0.2, 0.25) is 0 Å². The average Bonchev–Trinajstić information content (AvgIpc) is 2.78. The van der Waals surface area contributed by atoms with Gasteiger partial charge in [-0.3, -0.25) is 0 Å². The second-order valence-electron chi connectivity index (χ2n) is 6.21. The highest BCUT2D eigenvalue weighted by Crippen LogP contribution is 2.35. The molecule has 1 aromatic rings. The summed E-state index contributed by atoms with van der Waals surface area (Å²) in [6, 6.07) is 9.48. The molecule has 1 unspecified atom stereocenters. The molecule has 21 heavy (non-hydrogen) atoms. The van der Waals surface area contributed by atoms with Crippen molar-refractivity contribution in [2.24, 2.45) is 0 Å². The number of esters is 1. The Hall–Kier alpha value is -1.26. The van der Waals surface area contributed by atoms with Gasteiger partial charge < -0.3 is 9.47 Å². The van der Waals surface area contributed by atoms with Crippen LogP contribution in [0.4, 0.5) is 0 Å². The van der Waals surface area contributed by atoms with Crippen molar-refractivity contribution in [3.8, 4) is 5.75 Å². The molecule has 0 N–H and O–H groups in total. The molecule has 4 nitrogen and oxygen atoms in total. The SMILES string of the molecule is CC(C)(C)OC(=O)C1(Cl)CCCN1COc1ccccc1. The number of halogens is 1. The summed E-state index contributed by atoms with van der Waals surface area (Å²) in [4.78, 5) is 13.1. The number of likely N-dealkylation sites (tertiary alicyclic amines) is 1. The van der Waals surface area contributed by atoms with Crippen molar-refractivity contribution in [2.75, 3.05) is 13.3 Å². The molecule has 116 valence electrons. The van der Waals surface area contributed by atoms with Gasteiger partial charge in [0.25, 0.3) is 0 Å². The van der Waals surface area contributed by atoms with Crippen molar-refractivity contribution in [3.63, 3.8) is 0 Å². The minimum absolute atomic E-state index is 0.271. The first-order chi connectivity index (χ1) is 9.81. The maximum Gasteiger partial charge on any atom is 0.342 e. The fourth-order valence-corrected chi connectivity index (χ4v) is 2.57. The van der Waals surface area contributed by atoms with Gasteiger partial charge in [0.05, 0.1) is 0 Å². The standard InChI is InChI=1S/C16H22ClNO3/c1-15(2,3)21-14(19)16(17)10-7-11-18(16)12-20-13-8-5-4-6-9-13/h4-6,8-9H,7,10-12H2,1-3H3. The predicted octanol–water partition coefficient (Wildman–Crippen LogP) is 3.40. The summed E-state index contributed by atoms with van der Waals surface area (Å²) in [6.07, 6.45) is 1.42. The molecule has 0 spiro atoms. The van der Waals surface area contributed by atoms with Crippen LogP contribution >= 0.6 is 11.6 Å². The zero-order valence-corrected chi connectivity index (χ0v) is 13.5. The molecule has 5 heteroatoms. The van der Waals surface area contributed by atoms with E-state index in [9.17, 15) is 4.79 Å². The summed E-state index contributed by atoms with van der Waals surface area (Å²) in [7, 11) is 0. The quantitative estimate of drug-likeness (QED) is 0.485. The molecule has 0 aliphatic carbocycles. The van der Waals surface area contributed by atoms with Crippen molar-refractivity contribution >= 4 is 17.6 Å². The van der Waals surface area contributed by atoms with Gasteiger partial charge in [-0.1, -0.05) is 29.8 Å². The maximum absolute atomic E-state index is 12.4. The molecule has 1 aliphatic rings. The van der Waals surface area contributed by atoms with E-state index >= 15 is 0 Å². The number of nitrogens with zero attached hydrogens (tertiary/aromatic N) is 1. The van der Waals surface area contributed by atoms with Crippen LogP contribution in [0.5, 0.6) is 5.75 Å². The largest absolute Gasteiger partial charge is 0.478 e. The Morgan fingerprint density at radius 3 is 2.62 bits per heavy atom. The molecular weight excluding hydrogens is 290 g/mol. The first kappa shape index (κ1) is 16.1. The Balaban J connectivity index is 2.00. The Morgan fingerprint density at radius 1 is 1.33 bits per heavy atom. The third-order valence-corrected chi connectivity index (χ3v) is 3.86. The number of carbonyl (C=O) groups is 1. The van der Waals surface area contributed by atoms with E-state index in [-0.39, 0.29) is 6.73 Å². The molecule has 0 radical (unpaired) electrons. The smallest absolute Gasteiger partial charge is 0.342 e. The van der Waals surface area contributed by atoms with Crippen LogP contribution in [0.3, 0.4) is 0 Å². The number of benzene rings is 1. The van der Waals surface area contributed by atoms with Crippen LogP contribution in [0, 0.1) is 0 Å². The van der Waals surface area contributed by atoms with Crippen LogP contribution in [0.15, 0.2) is 30.3 Å². The Morgan fingerprint density at radius 2 is 2.00 bits per heavy atom. The van der Waals surface area contributed by atoms with Crippen molar-refractivity contribution in [2.45, 2.75) is 44.2 Å². The molecule has 1 atom stereocenters. The summed E-state index contributed by atoms with van der Waals surface area (Å²) in [5.74, 6) is 0.360. The summed E-state index contributed by atoms with van der Waals surface area (Å²) < 4.78 is 11.1. The van der Waals surface area contributed by atoms with Gasteiger partial charge in [0.15, 0.2) is 5.00 Å². The Bertz CT molecular complexity index is 486. The fourth-order valence-electron chi connectivity index (χ4n) is 2.26.